The number of nitrogens with two attached hydrogens (primary N) is 1. The van der Waals surface area contributed by atoms with E-state index >= 15 is 0 Å². The maximum absolute atomic E-state index is 12.9. The van der Waals surface area contributed by atoms with Gasteiger partial charge < -0.3 is 15.8 Å². The number of fused-ring (bicyclic) bond motifs is 1. The van der Waals surface area contributed by atoms with E-state index in [-0.39, 0.29) is 24.5 Å². The molecule has 144 valence electrons. The van der Waals surface area contributed by atoms with Crippen LogP contribution in [0.5, 0.6) is 0 Å². The van der Waals surface area contributed by atoms with Crippen LogP contribution in [0.15, 0.2) is 18.2 Å². The molecule has 2 heterocycles. The zero-order valence-electron chi connectivity index (χ0n) is 15.0. The lowest BCUT2D eigenvalue weighted by atomic mass is 10.0. The third kappa shape index (κ3) is 3.61. The molecule has 27 heavy (non-hydrogen) atoms. The van der Waals surface area contributed by atoms with Gasteiger partial charge in [0.1, 0.15) is 6.04 Å². The van der Waals surface area contributed by atoms with Gasteiger partial charge in [0.25, 0.3) is 11.8 Å². The number of amides is 4. The van der Waals surface area contributed by atoms with Gasteiger partial charge in [-0.15, -0.1) is 0 Å². The first-order chi connectivity index (χ1) is 13.0. The molecule has 0 radical (unpaired) electrons. The van der Waals surface area contributed by atoms with Crippen molar-refractivity contribution in [1.29, 1.82) is 0 Å². The summed E-state index contributed by atoms with van der Waals surface area (Å²) in [7, 11) is 1.57. The van der Waals surface area contributed by atoms with Gasteiger partial charge in [-0.2, -0.15) is 0 Å². The van der Waals surface area contributed by atoms with Gasteiger partial charge in [0.05, 0.1) is 17.2 Å². The Labute approximate surface area is 156 Å². The Kier molecular flexibility index (Phi) is 5.64. The molecule has 2 aliphatic rings. The van der Waals surface area contributed by atoms with Gasteiger partial charge in [-0.05, 0) is 18.1 Å². The molecule has 0 spiro atoms. The number of imide groups is 2. The minimum atomic E-state index is -0.967. The summed E-state index contributed by atoms with van der Waals surface area (Å²) >= 11 is 0. The molecule has 1 aromatic carbocycles. The first-order valence-electron chi connectivity index (χ1n) is 8.75. The van der Waals surface area contributed by atoms with Gasteiger partial charge in [-0.1, -0.05) is 12.1 Å². The van der Waals surface area contributed by atoms with E-state index in [4.69, 9.17) is 10.5 Å². The molecule has 2 unspecified atom stereocenters. The van der Waals surface area contributed by atoms with Gasteiger partial charge in [-0.25, -0.2) is 0 Å². The van der Waals surface area contributed by atoms with Gasteiger partial charge in [0.2, 0.25) is 11.8 Å². The molecule has 0 aliphatic carbocycles. The van der Waals surface area contributed by atoms with E-state index in [1.807, 2.05) is 0 Å². The zero-order valence-corrected chi connectivity index (χ0v) is 15.0. The highest BCUT2D eigenvalue weighted by molar-refractivity contribution is 6.24. The van der Waals surface area contributed by atoms with Crippen molar-refractivity contribution in [2.75, 3.05) is 20.2 Å². The molecule has 9 nitrogen and oxygen atoms in total. The van der Waals surface area contributed by atoms with Crippen molar-refractivity contribution in [3.8, 4) is 0 Å². The van der Waals surface area contributed by atoms with Crippen LogP contribution < -0.4 is 16.4 Å². The van der Waals surface area contributed by atoms with Crippen LogP contribution in [0, 0.1) is 0 Å². The molecule has 9 heteroatoms. The molecule has 0 saturated carbocycles. The number of nitrogens with one attached hydrogen (secondary N) is 2. The van der Waals surface area contributed by atoms with E-state index in [1.54, 1.807) is 25.3 Å². The summed E-state index contributed by atoms with van der Waals surface area (Å²) < 4.78 is 5.20. The first-order valence-corrected chi connectivity index (χ1v) is 8.75. The van der Waals surface area contributed by atoms with Crippen LogP contribution in [-0.4, -0.2) is 60.9 Å². The smallest absolute Gasteiger partial charge is 0.262 e. The summed E-state index contributed by atoms with van der Waals surface area (Å²) in [6.45, 7) is 1.21. The van der Waals surface area contributed by atoms with E-state index in [0.717, 1.165) is 4.90 Å². The second-order valence-corrected chi connectivity index (χ2v) is 6.51. The van der Waals surface area contributed by atoms with E-state index in [0.29, 0.717) is 30.8 Å². The molecule has 2 atom stereocenters. The maximum atomic E-state index is 12.9. The number of hydrogen-bond acceptors (Lipinski definition) is 7. The lowest BCUT2D eigenvalue weighted by Gasteiger charge is -2.27. The third-order valence-electron chi connectivity index (χ3n) is 4.84. The van der Waals surface area contributed by atoms with Crippen molar-refractivity contribution < 1.29 is 23.9 Å². The molecule has 0 bridgehead atoms. The van der Waals surface area contributed by atoms with Crippen LogP contribution >= 0.6 is 0 Å². The van der Waals surface area contributed by atoms with Crippen LogP contribution in [0.1, 0.15) is 39.1 Å². The number of hydrogen-bond donors (Lipinski definition) is 3. The summed E-state index contributed by atoms with van der Waals surface area (Å²) in [4.78, 5) is 50.1. The summed E-state index contributed by atoms with van der Waals surface area (Å²) in [5.41, 5.74) is 6.81. The number of benzene rings is 1. The minimum Gasteiger partial charge on any atom is -0.379 e. The number of piperidine rings is 1. The monoisotopic (exact) mass is 374 g/mol. The number of carbonyl (C=O) groups is 4. The van der Waals surface area contributed by atoms with Gasteiger partial charge >= 0.3 is 0 Å². The fourth-order valence-electron chi connectivity index (χ4n) is 3.36. The quantitative estimate of drug-likeness (QED) is 0.530. The zero-order chi connectivity index (χ0) is 19.6. The van der Waals surface area contributed by atoms with E-state index in [2.05, 4.69) is 10.6 Å². The first kappa shape index (κ1) is 19.2. The Balaban J connectivity index is 1.80. The van der Waals surface area contributed by atoms with Crippen LogP contribution in [-0.2, 0) is 20.9 Å². The molecule has 3 rings (SSSR count). The van der Waals surface area contributed by atoms with Crippen molar-refractivity contribution >= 4 is 23.6 Å². The van der Waals surface area contributed by atoms with E-state index < -0.39 is 29.7 Å². The highest BCUT2D eigenvalue weighted by Crippen LogP contribution is 2.29. The van der Waals surface area contributed by atoms with Gasteiger partial charge in [0, 0.05) is 33.2 Å². The van der Waals surface area contributed by atoms with Gasteiger partial charge in [0.15, 0.2) is 0 Å². The fourth-order valence-corrected chi connectivity index (χ4v) is 3.36. The number of rotatable bonds is 7. The van der Waals surface area contributed by atoms with Crippen LogP contribution in [0.4, 0.5) is 0 Å². The summed E-state index contributed by atoms with van der Waals surface area (Å²) in [6, 6.07) is 4.06. The molecule has 0 aromatic heterocycles. The SMILES string of the molecule is COC(CN)CNCc1cccc2c1C(=O)N(C1CCC(=O)NC1=O)C2=O. The van der Waals surface area contributed by atoms with Crippen molar-refractivity contribution in [3.05, 3.63) is 34.9 Å². The number of nitrogens with zero attached hydrogens (tertiary/aromatic N) is 1. The molecule has 2 aliphatic heterocycles. The molecule has 4 N–H and O–H groups in total. The number of carbonyl (C=O) groups excluding carboxylic acids is 4. The van der Waals surface area contributed by atoms with Crippen molar-refractivity contribution in [2.45, 2.75) is 31.5 Å². The minimum absolute atomic E-state index is 0.0930. The summed E-state index contributed by atoms with van der Waals surface area (Å²) in [6.07, 6.45) is 0.0740. The standard InChI is InChI=1S/C18H22N4O5/c1-27-11(7-19)9-20-8-10-3-2-4-12-15(10)18(26)22(17(12)25)13-5-6-14(23)21-16(13)24/h2-4,11,13,20H,5-9,19H2,1H3,(H,21,23,24). The Bertz CT molecular complexity index is 790. The fraction of sp³-hybridized carbons (Fsp3) is 0.444. The molecule has 4 amide bonds. The number of ether oxygens (including phenoxy) is 1. The van der Waals surface area contributed by atoms with Crippen LogP contribution in [0.2, 0.25) is 0 Å². The van der Waals surface area contributed by atoms with Crippen LogP contribution in [0.25, 0.3) is 0 Å². The van der Waals surface area contributed by atoms with Gasteiger partial charge in [-0.3, -0.25) is 29.4 Å². The second kappa shape index (κ2) is 7.95. The maximum Gasteiger partial charge on any atom is 0.262 e. The normalized spacial score (nSPS) is 20.7. The highest BCUT2D eigenvalue weighted by Gasteiger charge is 2.45. The number of methoxy groups -OCH3 is 1. The Morgan fingerprint density at radius 3 is 2.74 bits per heavy atom. The molecule has 1 saturated heterocycles. The Morgan fingerprint density at radius 1 is 1.30 bits per heavy atom. The third-order valence-corrected chi connectivity index (χ3v) is 4.84. The Morgan fingerprint density at radius 2 is 2.07 bits per heavy atom. The summed E-state index contributed by atoms with van der Waals surface area (Å²) in [5.74, 6) is -2.04. The van der Waals surface area contributed by atoms with Crippen molar-refractivity contribution in [3.63, 3.8) is 0 Å². The lowest BCUT2D eigenvalue weighted by molar-refractivity contribution is -0.136. The highest BCUT2D eigenvalue weighted by atomic mass is 16.5. The molecular weight excluding hydrogens is 352 g/mol. The topological polar surface area (TPSA) is 131 Å². The largest absolute Gasteiger partial charge is 0.379 e. The average molecular weight is 374 g/mol. The van der Waals surface area contributed by atoms with Crippen molar-refractivity contribution in [2.24, 2.45) is 5.73 Å². The average Bonchev–Trinajstić information content (AvgIpc) is 2.91. The predicted molar refractivity (Wildman–Crippen MR) is 94.7 cm³/mol. The van der Waals surface area contributed by atoms with E-state index in [9.17, 15) is 19.2 Å². The second-order valence-electron chi connectivity index (χ2n) is 6.51. The summed E-state index contributed by atoms with van der Waals surface area (Å²) in [5, 5.41) is 5.35. The molecule has 1 aromatic rings. The van der Waals surface area contributed by atoms with E-state index in [1.165, 1.54) is 0 Å². The van der Waals surface area contributed by atoms with Crippen LogP contribution in [0.3, 0.4) is 0 Å². The van der Waals surface area contributed by atoms with Crippen molar-refractivity contribution in [1.82, 2.24) is 15.5 Å². The molecular formula is C18H22N4O5. The molecule has 1 fully saturated rings. The Hall–Kier alpha value is -2.62. The predicted octanol–water partition coefficient (Wildman–Crippen LogP) is -0.849. The lowest BCUT2D eigenvalue weighted by Crippen LogP contribution is -2.54.